The number of unbranched alkanes of at least 4 members (excludes halogenated alkanes) is 24. The molecule has 0 unspecified atom stereocenters. The largest absolute Gasteiger partial charge is 0.370 e. The van der Waals surface area contributed by atoms with E-state index in [2.05, 4.69) is 38.2 Å². The molecule has 1 heterocycles. The molecule has 2 heteroatoms. The summed E-state index contributed by atoms with van der Waals surface area (Å²) < 4.78 is 7.12. The van der Waals surface area contributed by atoms with Crippen molar-refractivity contribution in [2.24, 2.45) is 0 Å². The van der Waals surface area contributed by atoms with E-state index in [0.29, 0.717) is 0 Å². The van der Waals surface area contributed by atoms with Gasteiger partial charge in [0.05, 0.1) is 26.3 Å². The van der Waals surface area contributed by atoms with Gasteiger partial charge in [0.2, 0.25) is 0 Å². The van der Waals surface area contributed by atoms with Gasteiger partial charge in [-0.15, -0.1) is 0 Å². The van der Waals surface area contributed by atoms with Gasteiger partial charge in [-0.1, -0.05) is 141 Å². The van der Waals surface area contributed by atoms with Crippen molar-refractivity contribution in [2.45, 2.75) is 194 Å². The van der Waals surface area contributed by atoms with E-state index in [-0.39, 0.29) is 0 Å². The van der Waals surface area contributed by atoms with Crippen LogP contribution >= 0.6 is 0 Å². The molecular formula is C40H78NO+. The van der Waals surface area contributed by atoms with Crippen LogP contribution in [0.1, 0.15) is 194 Å². The molecule has 0 bridgehead atoms. The lowest BCUT2D eigenvalue weighted by molar-refractivity contribution is -0.935. The van der Waals surface area contributed by atoms with E-state index >= 15 is 0 Å². The summed E-state index contributed by atoms with van der Waals surface area (Å²) in [6, 6.07) is 0. The van der Waals surface area contributed by atoms with Gasteiger partial charge in [-0.3, -0.25) is 0 Å². The third-order valence-corrected chi connectivity index (χ3v) is 9.71. The van der Waals surface area contributed by atoms with E-state index in [9.17, 15) is 0 Å². The maximum absolute atomic E-state index is 5.76. The lowest BCUT2D eigenvalue weighted by atomic mass is 10.1. The monoisotopic (exact) mass is 589 g/mol. The number of morpholine rings is 1. The summed E-state index contributed by atoms with van der Waals surface area (Å²) in [5.74, 6) is 0. The first-order valence-electron chi connectivity index (χ1n) is 19.6. The fourth-order valence-corrected chi connectivity index (χ4v) is 6.68. The van der Waals surface area contributed by atoms with Crippen molar-refractivity contribution in [1.29, 1.82) is 0 Å². The summed E-state index contributed by atoms with van der Waals surface area (Å²) in [6.07, 6.45) is 49.0. The molecule has 0 aromatic heterocycles. The summed E-state index contributed by atoms with van der Waals surface area (Å²) in [7, 11) is 0. The van der Waals surface area contributed by atoms with Crippen molar-refractivity contribution in [3.05, 3.63) is 24.3 Å². The molecule has 0 aromatic rings. The quantitative estimate of drug-likeness (QED) is 0.0431. The fourth-order valence-electron chi connectivity index (χ4n) is 6.68. The van der Waals surface area contributed by atoms with Gasteiger partial charge in [-0.05, 0) is 77.0 Å². The molecule has 2 nitrogen and oxygen atoms in total. The van der Waals surface area contributed by atoms with E-state index in [0.717, 1.165) is 13.2 Å². The first kappa shape index (κ1) is 39.4. The Morgan fingerprint density at radius 2 is 0.667 bits per heavy atom. The van der Waals surface area contributed by atoms with Gasteiger partial charge in [0.25, 0.3) is 0 Å². The number of hydrogen-bond acceptors (Lipinski definition) is 1. The Bertz CT molecular complexity index is 532. The van der Waals surface area contributed by atoms with Crippen molar-refractivity contribution in [3.63, 3.8) is 0 Å². The molecule has 1 saturated heterocycles. The lowest BCUT2D eigenvalue weighted by Crippen LogP contribution is -2.56. The van der Waals surface area contributed by atoms with E-state index in [4.69, 9.17) is 4.74 Å². The van der Waals surface area contributed by atoms with E-state index in [1.807, 2.05) is 0 Å². The molecule has 0 aromatic carbocycles. The molecule has 1 aliphatic rings. The molecule has 0 radical (unpaired) electrons. The molecule has 42 heavy (non-hydrogen) atoms. The number of allylic oxidation sites excluding steroid dienone is 4. The first-order valence-corrected chi connectivity index (χ1v) is 19.6. The summed E-state index contributed by atoms with van der Waals surface area (Å²) in [5.41, 5.74) is 0. The highest BCUT2D eigenvalue weighted by atomic mass is 16.5. The summed E-state index contributed by atoms with van der Waals surface area (Å²) in [6.45, 7) is 11.9. The van der Waals surface area contributed by atoms with Gasteiger partial charge in [-0.2, -0.15) is 0 Å². The highest BCUT2D eigenvalue weighted by molar-refractivity contribution is 4.82. The highest BCUT2D eigenvalue weighted by Crippen LogP contribution is 2.18. The Morgan fingerprint density at radius 3 is 1.00 bits per heavy atom. The van der Waals surface area contributed by atoms with Crippen LogP contribution in [0.4, 0.5) is 0 Å². The second-order valence-electron chi connectivity index (χ2n) is 13.7. The Hall–Kier alpha value is -0.600. The highest BCUT2D eigenvalue weighted by Gasteiger charge is 2.29. The van der Waals surface area contributed by atoms with Crippen LogP contribution in [0.2, 0.25) is 0 Å². The zero-order valence-corrected chi connectivity index (χ0v) is 29.2. The molecule has 0 amide bonds. The second-order valence-corrected chi connectivity index (χ2v) is 13.7. The van der Waals surface area contributed by atoms with Gasteiger partial charge >= 0.3 is 0 Å². The van der Waals surface area contributed by atoms with Crippen LogP contribution in [-0.2, 0) is 4.74 Å². The van der Waals surface area contributed by atoms with Crippen LogP contribution in [0.25, 0.3) is 0 Å². The zero-order valence-electron chi connectivity index (χ0n) is 29.2. The topological polar surface area (TPSA) is 9.23 Å². The minimum absolute atomic E-state index is 0.985. The normalized spacial score (nSPS) is 15.4. The minimum Gasteiger partial charge on any atom is -0.370 e. The third kappa shape index (κ3) is 25.9. The van der Waals surface area contributed by atoms with Crippen LogP contribution in [0, 0.1) is 0 Å². The molecule has 0 aliphatic carbocycles. The van der Waals surface area contributed by atoms with Gasteiger partial charge < -0.3 is 9.22 Å². The average Bonchev–Trinajstić information content (AvgIpc) is 3.01. The smallest absolute Gasteiger partial charge is 0.102 e. The average molecular weight is 589 g/mol. The van der Waals surface area contributed by atoms with Gasteiger partial charge in [-0.25, -0.2) is 0 Å². The summed E-state index contributed by atoms with van der Waals surface area (Å²) >= 11 is 0. The van der Waals surface area contributed by atoms with E-state index in [1.165, 1.54) is 210 Å². The molecule has 0 atom stereocenters. The van der Waals surface area contributed by atoms with Crippen molar-refractivity contribution in [3.8, 4) is 0 Å². The van der Waals surface area contributed by atoms with Gasteiger partial charge in [0, 0.05) is 0 Å². The maximum atomic E-state index is 5.76. The molecule has 248 valence electrons. The predicted molar refractivity (Wildman–Crippen MR) is 189 cm³/mol. The number of hydrogen-bond donors (Lipinski definition) is 0. The molecular weight excluding hydrogens is 510 g/mol. The summed E-state index contributed by atoms with van der Waals surface area (Å²) in [5, 5.41) is 0. The lowest BCUT2D eigenvalue weighted by Gasteiger charge is -2.41. The Morgan fingerprint density at radius 1 is 0.381 bits per heavy atom. The molecule has 0 N–H and O–H groups in total. The Balaban J connectivity index is 1.95. The maximum Gasteiger partial charge on any atom is 0.102 e. The summed E-state index contributed by atoms with van der Waals surface area (Å²) in [4.78, 5) is 0. The van der Waals surface area contributed by atoms with Crippen molar-refractivity contribution < 1.29 is 9.22 Å². The first-order chi connectivity index (χ1) is 20.8. The van der Waals surface area contributed by atoms with Crippen molar-refractivity contribution >= 4 is 0 Å². The van der Waals surface area contributed by atoms with Crippen molar-refractivity contribution in [2.75, 3.05) is 39.4 Å². The van der Waals surface area contributed by atoms with Crippen LogP contribution < -0.4 is 0 Å². The van der Waals surface area contributed by atoms with Crippen molar-refractivity contribution in [1.82, 2.24) is 0 Å². The number of quaternary nitrogens is 1. The van der Waals surface area contributed by atoms with Crippen LogP contribution in [0.3, 0.4) is 0 Å². The van der Waals surface area contributed by atoms with Crippen LogP contribution in [0.5, 0.6) is 0 Å². The van der Waals surface area contributed by atoms with Gasteiger partial charge in [0.1, 0.15) is 13.1 Å². The third-order valence-electron chi connectivity index (χ3n) is 9.71. The zero-order chi connectivity index (χ0) is 30.1. The second kappa shape index (κ2) is 31.8. The van der Waals surface area contributed by atoms with Gasteiger partial charge in [0.15, 0.2) is 0 Å². The SMILES string of the molecule is CCCCCCCCC=CCCCCCCCC[N+]1(CCCCCCCCC=CCCCCCCCC)CCOCC1. The predicted octanol–water partition coefficient (Wildman–Crippen LogP) is 12.9. The molecule has 0 spiro atoms. The minimum atomic E-state index is 0.985. The van der Waals surface area contributed by atoms with Crippen LogP contribution in [-0.4, -0.2) is 43.9 Å². The van der Waals surface area contributed by atoms with E-state index < -0.39 is 0 Å². The molecule has 1 rings (SSSR count). The Kier molecular flexibility index (Phi) is 29.9. The number of ether oxygens (including phenoxy) is 1. The fraction of sp³-hybridized carbons (Fsp3) is 0.900. The number of nitrogens with zero attached hydrogens (tertiary/aromatic N) is 1. The van der Waals surface area contributed by atoms with Crippen LogP contribution in [0.15, 0.2) is 24.3 Å². The molecule has 1 aliphatic heterocycles. The molecule has 1 fully saturated rings. The number of rotatable bonds is 32. The standard InChI is InChI=1S/C40H78NO/c1-3-5-7-9-11-13-15-17-19-21-23-25-27-29-31-33-35-41(37-39-42-40-38-41)36-34-32-30-28-26-24-22-20-18-16-14-12-10-8-6-4-2/h17-20H,3-16,21-40H2,1-2H3/q+1. The van der Waals surface area contributed by atoms with E-state index in [1.54, 1.807) is 0 Å². The Labute approximate surface area is 266 Å². The molecule has 0 saturated carbocycles.